The fraction of sp³-hybridized carbons (Fsp3) is 1.00. The van der Waals surface area contributed by atoms with Crippen molar-refractivity contribution >= 4 is 26.2 Å². The van der Waals surface area contributed by atoms with Gasteiger partial charge in [-0.05, 0) is 11.6 Å². The van der Waals surface area contributed by atoms with Gasteiger partial charge in [0.2, 0.25) is 0 Å². The van der Waals surface area contributed by atoms with E-state index in [4.69, 9.17) is 0 Å². The molecule has 0 spiro atoms. The summed E-state index contributed by atoms with van der Waals surface area (Å²) in [5.74, 6) is 0. The zero-order valence-electron chi connectivity index (χ0n) is 6.61. The lowest BCUT2D eigenvalue weighted by molar-refractivity contribution is 0.593. The maximum absolute atomic E-state index is 2.87. The van der Waals surface area contributed by atoms with Crippen LogP contribution in [0.5, 0.6) is 0 Å². The molecule has 0 rings (SSSR count). The van der Waals surface area contributed by atoms with Crippen molar-refractivity contribution in [3.05, 3.63) is 0 Å². The Hall–Kier alpha value is 0.910. The molecule has 58 valence electrons. The van der Waals surface area contributed by atoms with Crippen LogP contribution in [0.1, 0.15) is 40.0 Å². The largest absolute Gasteiger partial charge is 0.132 e. The van der Waals surface area contributed by atoms with Crippen LogP contribution in [0.15, 0.2) is 0 Å². The van der Waals surface area contributed by atoms with Crippen molar-refractivity contribution in [2.45, 2.75) is 45.2 Å². The van der Waals surface area contributed by atoms with E-state index in [1.807, 2.05) is 0 Å². The fourth-order valence-electron chi connectivity index (χ4n) is 0.632. The Balaban J connectivity index is 0. The van der Waals surface area contributed by atoms with Gasteiger partial charge in [0.15, 0.2) is 0 Å². The van der Waals surface area contributed by atoms with Crippen LogP contribution in [0.3, 0.4) is 0 Å². The van der Waals surface area contributed by atoms with Crippen LogP contribution in [0.4, 0.5) is 0 Å². The summed E-state index contributed by atoms with van der Waals surface area (Å²) in [7, 11) is 2.87. The van der Waals surface area contributed by atoms with Gasteiger partial charge >= 0.3 is 0 Å². The highest BCUT2D eigenvalue weighted by Gasteiger charge is 2.07. The minimum absolute atomic E-state index is 0. The Bertz CT molecular complexity index is 56.4. The minimum Gasteiger partial charge on any atom is -0.132 e. The fourth-order valence-corrected chi connectivity index (χ4v) is 0.837. The first kappa shape index (κ1) is 12.6. The number of hydrogen-bond donors (Lipinski definition) is 0. The van der Waals surface area contributed by atoms with Crippen molar-refractivity contribution in [2.24, 2.45) is 0 Å². The molecule has 0 heterocycles. The van der Waals surface area contributed by atoms with Gasteiger partial charge in [-0.25, -0.2) is 0 Å². The second kappa shape index (κ2) is 5.68. The smallest absolute Gasteiger partial charge is 0.0207 e. The summed E-state index contributed by atoms with van der Waals surface area (Å²) in [5.41, 5.74) is 0. The molecule has 1 atom stereocenters. The summed E-state index contributed by atoms with van der Waals surface area (Å²) >= 11 is 0. The third kappa shape index (κ3) is 12.2. The molecular formula is C7H18BrP. The molecule has 0 aromatic rings. The van der Waals surface area contributed by atoms with Crippen LogP contribution in [0.25, 0.3) is 0 Å². The Morgan fingerprint density at radius 1 is 1.33 bits per heavy atom. The number of hydrogen-bond acceptors (Lipinski definition) is 0. The molecule has 0 nitrogen and oxygen atoms in total. The average Bonchev–Trinajstić information content (AvgIpc) is 1.59. The first-order valence-corrected chi connectivity index (χ1v) is 3.93. The first-order chi connectivity index (χ1) is 3.56. The lowest BCUT2D eigenvalue weighted by Gasteiger charge is -2.16. The van der Waals surface area contributed by atoms with Gasteiger partial charge < -0.3 is 0 Å². The third-order valence-corrected chi connectivity index (χ3v) is 1.46. The van der Waals surface area contributed by atoms with Crippen molar-refractivity contribution in [1.82, 2.24) is 0 Å². The Morgan fingerprint density at radius 2 is 1.78 bits per heavy atom. The van der Waals surface area contributed by atoms with Crippen LogP contribution in [0, 0.1) is 0 Å². The van der Waals surface area contributed by atoms with Crippen LogP contribution in [0.2, 0.25) is 0 Å². The SMILES string of the molecule is Br.CCCCC(C)(C)P. The Morgan fingerprint density at radius 3 is 1.89 bits per heavy atom. The van der Waals surface area contributed by atoms with Gasteiger partial charge in [-0.2, -0.15) is 0 Å². The van der Waals surface area contributed by atoms with Gasteiger partial charge in [-0.15, -0.1) is 26.2 Å². The molecule has 0 aliphatic carbocycles. The zero-order valence-corrected chi connectivity index (χ0v) is 9.47. The average molecular weight is 213 g/mol. The zero-order chi connectivity index (χ0) is 6.62. The molecule has 2 heteroatoms. The van der Waals surface area contributed by atoms with E-state index in [0.29, 0.717) is 5.16 Å². The molecule has 0 saturated carbocycles. The lowest BCUT2D eigenvalue weighted by Crippen LogP contribution is -2.07. The molecule has 0 fully saturated rings. The second-order valence-electron chi connectivity index (χ2n) is 3.09. The van der Waals surface area contributed by atoms with Crippen molar-refractivity contribution in [1.29, 1.82) is 0 Å². The molecule has 0 N–H and O–H groups in total. The standard InChI is InChI=1S/C7H17P.BrH/c1-4-5-6-7(2,3)8;/h4-6,8H2,1-3H3;1H. The van der Waals surface area contributed by atoms with E-state index in [1.54, 1.807) is 0 Å². The van der Waals surface area contributed by atoms with Crippen molar-refractivity contribution in [2.75, 3.05) is 0 Å². The topological polar surface area (TPSA) is 0 Å². The Labute approximate surface area is 71.8 Å². The maximum Gasteiger partial charge on any atom is -0.0207 e. The van der Waals surface area contributed by atoms with Crippen molar-refractivity contribution < 1.29 is 0 Å². The van der Waals surface area contributed by atoms with E-state index in [-0.39, 0.29) is 17.0 Å². The van der Waals surface area contributed by atoms with Gasteiger partial charge in [0, 0.05) is 0 Å². The van der Waals surface area contributed by atoms with E-state index in [1.165, 1.54) is 19.3 Å². The van der Waals surface area contributed by atoms with E-state index in [0.717, 1.165) is 0 Å². The molecule has 9 heavy (non-hydrogen) atoms. The summed E-state index contributed by atoms with van der Waals surface area (Å²) < 4.78 is 0. The Kier molecular flexibility index (Phi) is 7.93. The predicted molar refractivity (Wildman–Crippen MR) is 53.6 cm³/mol. The second-order valence-corrected chi connectivity index (χ2v) is 4.66. The van der Waals surface area contributed by atoms with Gasteiger partial charge in [-0.3, -0.25) is 0 Å². The molecule has 0 radical (unpaired) electrons. The number of rotatable bonds is 3. The lowest BCUT2D eigenvalue weighted by atomic mass is 10.1. The highest BCUT2D eigenvalue weighted by molar-refractivity contribution is 8.93. The molecular weight excluding hydrogens is 195 g/mol. The molecule has 0 aromatic heterocycles. The third-order valence-electron chi connectivity index (χ3n) is 1.17. The molecule has 1 unspecified atom stereocenters. The predicted octanol–water partition coefficient (Wildman–Crippen LogP) is 3.41. The van der Waals surface area contributed by atoms with Crippen LogP contribution in [-0.2, 0) is 0 Å². The van der Waals surface area contributed by atoms with Gasteiger partial charge in [-0.1, -0.05) is 33.6 Å². The summed E-state index contributed by atoms with van der Waals surface area (Å²) in [6.07, 6.45) is 4.00. The first-order valence-electron chi connectivity index (χ1n) is 3.35. The molecule has 0 bridgehead atoms. The monoisotopic (exact) mass is 212 g/mol. The van der Waals surface area contributed by atoms with Gasteiger partial charge in [0.1, 0.15) is 0 Å². The van der Waals surface area contributed by atoms with Gasteiger partial charge in [0.05, 0.1) is 0 Å². The molecule has 0 aromatic carbocycles. The quantitative estimate of drug-likeness (QED) is 0.630. The summed E-state index contributed by atoms with van der Waals surface area (Å²) in [4.78, 5) is 0. The minimum atomic E-state index is 0. The van der Waals surface area contributed by atoms with Crippen LogP contribution >= 0.6 is 26.2 Å². The summed E-state index contributed by atoms with van der Waals surface area (Å²) in [6.45, 7) is 6.75. The highest BCUT2D eigenvalue weighted by atomic mass is 79.9. The van der Waals surface area contributed by atoms with E-state index >= 15 is 0 Å². The van der Waals surface area contributed by atoms with Crippen LogP contribution < -0.4 is 0 Å². The van der Waals surface area contributed by atoms with Crippen molar-refractivity contribution in [3.63, 3.8) is 0 Å². The van der Waals surface area contributed by atoms with Crippen LogP contribution in [-0.4, -0.2) is 5.16 Å². The summed E-state index contributed by atoms with van der Waals surface area (Å²) in [5, 5.41) is 0.468. The number of halogens is 1. The molecule has 0 aliphatic rings. The summed E-state index contributed by atoms with van der Waals surface area (Å²) in [6, 6.07) is 0. The van der Waals surface area contributed by atoms with E-state index < -0.39 is 0 Å². The van der Waals surface area contributed by atoms with Crippen molar-refractivity contribution in [3.8, 4) is 0 Å². The normalized spacial score (nSPS) is 10.7. The molecule has 0 amide bonds. The molecule has 0 saturated heterocycles. The van der Waals surface area contributed by atoms with E-state index in [2.05, 4.69) is 30.0 Å². The number of unbranched alkanes of at least 4 members (excludes halogenated alkanes) is 1. The molecule has 0 aliphatic heterocycles. The highest BCUT2D eigenvalue weighted by Crippen LogP contribution is 2.22. The van der Waals surface area contributed by atoms with E-state index in [9.17, 15) is 0 Å². The maximum atomic E-state index is 2.87. The van der Waals surface area contributed by atoms with Gasteiger partial charge in [0.25, 0.3) is 0 Å².